The van der Waals surface area contributed by atoms with Crippen molar-refractivity contribution in [2.24, 2.45) is 5.14 Å². The maximum Gasteiger partial charge on any atom is 0.433 e. The average Bonchev–Trinajstić information content (AvgIpc) is 3.31. The minimum atomic E-state index is -4.83. The van der Waals surface area contributed by atoms with Crippen LogP contribution in [0.2, 0.25) is 10.0 Å². The number of fused-ring (bicyclic) bond motifs is 1. The number of carbonyl (C=O) groups excluding carboxylic acids is 1. The number of hydrogen-bond donors (Lipinski definition) is 2. The van der Waals surface area contributed by atoms with E-state index >= 15 is 0 Å². The highest BCUT2D eigenvalue weighted by Gasteiger charge is 2.36. The van der Waals surface area contributed by atoms with Gasteiger partial charge in [0.2, 0.25) is 10.0 Å². The molecule has 0 spiro atoms. The molecule has 0 aliphatic heterocycles. The molecule has 4 aromatic rings. The Hall–Kier alpha value is -2.78. The van der Waals surface area contributed by atoms with Crippen molar-refractivity contribution in [3.05, 3.63) is 57.5 Å². The van der Waals surface area contributed by atoms with E-state index in [-0.39, 0.29) is 41.9 Å². The van der Waals surface area contributed by atoms with E-state index < -0.39 is 33.4 Å². The van der Waals surface area contributed by atoms with Crippen LogP contribution in [-0.2, 0) is 16.2 Å². The Kier molecular flexibility index (Phi) is 6.06. The number of sulfonamides is 1. The Bertz CT molecular complexity index is 1570. The molecule has 0 saturated carbocycles. The van der Waals surface area contributed by atoms with Crippen LogP contribution < -0.4 is 10.5 Å². The molecule has 178 valence electrons. The van der Waals surface area contributed by atoms with E-state index in [0.717, 1.165) is 12.3 Å². The van der Waals surface area contributed by atoms with E-state index in [1.54, 1.807) is 0 Å². The second-order valence-electron chi connectivity index (χ2n) is 6.84. The molecule has 0 radical (unpaired) electrons. The lowest BCUT2D eigenvalue weighted by Gasteiger charge is -2.12. The normalized spacial score (nSPS) is 12.3. The number of hydrogen-bond acceptors (Lipinski definition) is 7. The molecular formula is C18H11Cl2F3N6O3S2. The van der Waals surface area contributed by atoms with Gasteiger partial charge in [-0.2, -0.15) is 18.3 Å². The zero-order chi connectivity index (χ0) is 25.0. The van der Waals surface area contributed by atoms with Crippen molar-refractivity contribution in [1.82, 2.24) is 19.6 Å². The fourth-order valence-corrected chi connectivity index (χ4v) is 5.14. The van der Waals surface area contributed by atoms with E-state index in [2.05, 4.69) is 20.4 Å². The summed E-state index contributed by atoms with van der Waals surface area (Å²) in [6.45, 7) is 1.38. The second kappa shape index (κ2) is 8.46. The number of amides is 1. The van der Waals surface area contributed by atoms with Crippen molar-refractivity contribution < 1.29 is 26.4 Å². The van der Waals surface area contributed by atoms with Gasteiger partial charge in [-0.3, -0.25) is 10.1 Å². The van der Waals surface area contributed by atoms with Crippen molar-refractivity contribution in [3.8, 4) is 11.3 Å². The third-order valence-corrected chi connectivity index (χ3v) is 7.82. The van der Waals surface area contributed by atoms with Gasteiger partial charge in [-0.15, -0.1) is 0 Å². The molecule has 0 aliphatic rings. The summed E-state index contributed by atoms with van der Waals surface area (Å²) in [5.41, 5.74) is -1.73. The van der Waals surface area contributed by atoms with E-state index in [9.17, 15) is 26.4 Å². The van der Waals surface area contributed by atoms with Crippen LogP contribution in [0.3, 0.4) is 0 Å². The topological polar surface area (TPSA) is 132 Å². The van der Waals surface area contributed by atoms with E-state index in [1.807, 2.05) is 0 Å². The Morgan fingerprint density at radius 2 is 1.88 bits per heavy atom. The van der Waals surface area contributed by atoms with Crippen molar-refractivity contribution in [2.75, 3.05) is 5.32 Å². The van der Waals surface area contributed by atoms with Crippen molar-refractivity contribution in [2.45, 2.75) is 17.3 Å². The fourth-order valence-electron chi connectivity index (χ4n) is 2.99. The van der Waals surface area contributed by atoms with Crippen LogP contribution in [-0.4, -0.2) is 33.9 Å². The van der Waals surface area contributed by atoms with Gasteiger partial charge in [-0.1, -0.05) is 40.6 Å². The number of carbonyl (C=O) groups is 1. The molecule has 3 aromatic heterocycles. The summed E-state index contributed by atoms with van der Waals surface area (Å²) in [5, 5.41) is 11.3. The molecule has 9 nitrogen and oxygen atoms in total. The smallest absolute Gasteiger partial charge is 0.298 e. The quantitative estimate of drug-likeness (QED) is 0.387. The van der Waals surface area contributed by atoms with Crippen LogP contribution in [0, 0.1) is 6.92 Å². The Morgan fingerprint density at radius 3 is 2.47 bits per heavy atom. The summed E-state index contributed by atoms with van der Waals surface area (Å²) >= 11 is 12.5. The number of primary sulfonamides is 1. The number of nitrogens with two attached hydrogens (primary N) is 1. The first-order valence-corrected chi connectivity index (χ1v) is 12.1. The number of aromatic nitrogens is 4. The molecule has 0 fully saturated rings. The first-order valence-electron chi connectivity index (χ1n) is 8.98. The van der Waals surface area contributed by atoms with Crippen molar-refractivity contribution >= 4 is 61.2 Å². The van der Waals surface area contributed by atoms with Gasteiger partial charge in [0.05, 0.1) is 27.6 Å². The summed E-state index contributed by atoms with van der Waals surface area (Å²) < 4.78 is 64.7. The van der Waals surface area contributed by atoms with Crippen LogP contribution >= 0.6 is 34.5 Å². The molecule has 3 N–H and O–H groups in total. The summed E-state index contributed by atoms with van der Waals surface area (Å²) in [6.07, 6.45) is -3.92. The predicted molar refractivity (Wildman–Crippen MR) is 120 cm³/mol. The van der Waals surface area contributed by atoms with E-state index in [4.69, 9.17) is 28.3 Å². The van der Waals surface area contributed by atoms with Crippen LogP contribution in [0.15, 0.2) is 34.7 Å². The molecule has 0 bridgehead atoms. The number of aryl methyl sites for hydroxylation is 1. The van der Waals surface area contributed by atoms with Gasteiger partial charge in [0.1, 0.15) is 5.56 Å². The number of thiazole rings is 1. The lowest BCUT2D eigenvalue weighted by atomic mass is 10.1. The largest absolute Gasteiger partial charge is 0.433 e. The molecule has 34 heavy (non-hydrogen) atoms. The van der Waals surface area contributed by atoms with Gasteiger partial charge in [0, 0.05) is 5.56 Å². The fraction of sp³-hybridized carbons (Fsp3) is 0.111. The maximum absolute atomic E-state index is 13.8. The van der Waals surface area contributed by atoms with Gasteiger partial charge in [-0.25, -0.2) is 28.0 Å². The lowest BCUT2D eigenvalue weighted by molar-refractivity contribution is -0.142. The van der Waals surface area contributed by atoms with Gasteiger partial charge in [-0.05, 0) is 25.1 Å². The number of benzene rings is 1. The third-order valence-electron chi connectivity index (χ3n) is 4.46. The minimum Gasteiger partial charge on any atom is -0.298 e. The number of nitrogens with one attached hydrogen (secondary N) is 1. The van der Waals surface area contributed by atoms with Gasteiger partial charge in [0.25, 0.3) is 5.91 Å². The summed E-state index contributed by atoms with van der Waals surface area (Å²) in [6, 6.07) is 4.93. The zero-order valence-corrected chi connectivity index (χ0v) is 19.8. The summed E-state index contributed by atoms with van der Waals surface area (Å²) in [5.74, 6) is -0.906. The maximum atomic E-state index is 13.8. The monoisotopic (exact) mass is 550 g/mol. The SMILES string of the molecule is Cc1nc(NC(=O)c2cnn3c(C(F)(F)F)cc(-c4ccc(Cl)c(Cl)c4)nc23)sc1S(N)(=O)=O. The molecule has 0 aliphatic carbocycles. The number of alkyl halides is 3. The molecule has 1 amide bonds. The zero-order valence-electron chi connectivity index (χ0n) is 16.7. The first kappa shape index (κ1) is 24.3. The highest BCUT2D eigenvalue weighted by atomic mass is 35.5. The van der Waals surface area contributed by atoms with Gasteiger partial charge < -0.3 is 0 Å². The molecule has 16 heteroatoms. The Labute approximate surface area is 203 Å². The lowest BCUT2D eigenvalue weighted by Crippen LogP contribution is -2.15. The predicted octanol–water partition coefficient (Wildman–Crippen LogP) is 4.39. The average molecular weight is 551 g/mol. The molecule has 0 unspecified atom stereocenters. The highest BCUT2D eigenvalue weighted by Crippen LogP contribution is 2.34. The molecule has 3 heterocycles. The highest BCUT2D eigenvalue weighted by molar-refractivity contribution is 7.91. The third kappa shape index (κ3) is 4.59. The number of anilines is 1. The molecule has 0 saturated heterocycles. The first-order chi connectivity index (χ1) is 15.8. The summed E-state index contributed by atoms with van der Waals surface area (Å²) in [4.78, 5) is 20.9. The van der Waals surface area contributed by atoms with Gasteiger partial charge >= 0.3 is 6.18 Å². The molecule has 0 atom stereocenters. The standard InChI is InChI=1S/C18H11Cl2F3N6O3S2/c1-7-16(34(24,31)32)33-17(26-7)28-15(30)9-6-25-29-13(18(21,22)23)5-12(27-14(9)29)8-2-3-10(19)11(20)4-8/h2-6H,1H3,(H2,24,31,32)(H,26,28,30). The van der Waals surface area contributed by atoms with Crippen molar-refractivity contribution in [3.63, 3.8) is 0 Å². The number of nitrogens with zero attached hydrogens (tertiary/aromatic N) is 4. The number of rotatable bonds is 4. The van der Waals surface area contributed by atoms with Crippen LogP contribution in [0.1, 0.15) is 21.7 Å². The summed E-state index contributed by atoms with van der Waals surface area (Å²) in [7, 11) is -4.07. The minimum absolute atomic E-state index is 0.0575. The van der Waals surface area contributed by atoms with E-state index in [1.165, 1.54) is 25.1 Å². The van der Waals surface area contributed by atoms with Crippen LogP contribution in [0.4, 0.5) is 18.3 Å². The van der Waals surface area contributed by atoms with Crippen molar-refractivity contribution in [1.29, 1.82) is 0 Å². The van der Waals surface area contributed by atoms with Gasteiger partial charge in [0.15, 0.2) is 20.7 Å². The Balaban J connectivity index is 1.82. The van der Waals surface area contributed by atoms with E-state index in [0.29, 0.717) is 15.9 Å². The molecular weight excluding hydrogens is 540 g/mol. The Morgan fingerprint density at radius 1 is 1.18 bits per heavy atom. The second-order valence-corrected chi connectivity index (χ2v) is 10.4. The number of halogens is 5. The molecule has 1 aromatic carbocycles. The van der Waals surface area contributed by atoms with Crippen LogP contribution in [0.25, 0.3) is 16.9 Å². The molecule has 4 rings (SSSR count). The van der Waals surface area contributed by atoms with Crippen LogP contribution in [0.5, 0.6) is 0 Å².